The molecule has 2 rings (SSSR count). The number of anilines is 1. The van der Waals surface area contributed by atoms with E-state index in [0.717, 1.165) is 39.3 Å². The van der Waals surface area contributed by atoms with Crippen LogP contribution < -0.4 is 10.5 Å². The summed E-state index contributed by atoms with van der Waals surface area (Å²) in [5, 5.41) is 0. The van der Waals surface area contributed by atoms with Crippen molar-refractivity contribution >= 4 is 5.69 Å². The van der Waals surface area contributed by atoms with E-state index in [0.29, 0.717) is 18.2 Å². The maximum atomic E-state index is 5.54. The van der Waals surface area contributed by atoms with Crippen LogP contribution in [0.2, 0.25) is 0 Å². The van der Waals surface area contributed by atoms with Crippen LogP contribution in [0, 0.1) is 0 Å². The van der Waals surface area contributed by atoms with Gasteiger partial charge in [-0.25, -0.2) is 4.98 Å². The molecule has 0 spiro atoms. The van der Waals surface area contributed by atoms with Gasteiger partial charge in [0.1, 0.15) is 0 Å². The molecule has 0 saturated carbocycles. The predicted molar refractivity (Wildman–Crippen MR) is 66.0 cm³/mol. The van der Waals surface area contributed by atoms with Crippen molar-refractivity contribution in [1.82, 2.24) is 9.88 Å². The van der Waals surface area contributed by atoms with Gasteiger partial charge in [0.15, 0.2) is 0 Å². The van der Waals surface area contributed by atoms with Crippen molar-refractivity contribution in [1.29, 1.82) is 0 Å². The van der Waals surface area contributed by atoms with Gasteiger partial charge in [0.2, 0.25) is 5.88 Å². The minimum atomic E-state index is 0.640. The van der Waals surface area contributed by atoms with Crippen molar-refractivity contribution in [2.45, 2.75) is 6.42 Å². The van der Waals surface area contributed by atoms with Crippen LogP contribution in [0.4, 0.5) is 5.69 Å². The van der Waals surface area contributed by atoms with Crippen LogP contribution in [0.3, 0.4) is 0 Å². The third kappa shape index (κ3) is 4.20. The number of hydrogen-bond donors (Lipinski definition) is 1. The van der Waals surface area contributed by atoms with Crippen LogP contribution in [-0.2, 0) is 4.74 Å². The molecule has 0 unspecified atom stereocenters. The number of pyridine rings is 1. The van der Waals surface area contributed by atoms with E-state index in [2.05, 4.69) is 9.88 Å². The highest BCUT2D eigenvalue weighted by Crippen LogP contribution is 2.08. The molecule has 1 aliphatic heterocycles. The molecular formula is C12H19N3O2. The highest BCUT2D eigenvalue weighted by atomic mass is 16.5. The number of nitrogens with zero attached hydrogens (tertiary/aromatic N) is 2. The number of rotatable bonds is 5. The zero-order valence-corrected chi connectivity index (χ0v) is 9.97. The molecule has 0 aliphatic carbocycles. The third-order valence-corrected chi connectivity index (χ3v) is 2.73. The molecule has 0 bridgehead atoms. The molecule has 2 N–H and O–H groups in total. The molecule has 5 nitrogen and oxygen atoms in total. The Bertz CT molecular complexity index is 323. The lowest BCUT2D eigenvalue weighted by Crippen LogP contribution is -2.37. The number of ether oxygens (including phenoxy) is 2. The van der Waals surface area contributed by atoms with Crippen molar-refractivity contribution in [2.24, 2.45) is 0 Å². The fourth-order valence-corrected chi connectivity index (χ4v) is 1.77. The van der Waals surface area contributed by atoms with E-state index >= 15 is 0 Å². The van der Waals surface area contributed by atoms with E-state index < -0.39 is 0 Å². The van der Waals surface area contributed by atoms with Crippen molar-refractivity contribution in [3.05, 3.63) is 18.3 Å². The summed E-state index contributed by atoms with van der Waals surface area (Å²) in [6.07, 6.45) is 2.61. The van der Waals surface area contributed by atoms with Gasteiger partial charge in [-0.05, 0) is 12.5 Å². The zero-order chi connectivity index (χ0) is 11.9. The van der Waals surface area contributed by atoms with E-state index in [1.807, 2.05) is 0 Å². The normalized spacial score (nSPS) is 16.9. The van der Waals surface area contributed by atoms with E-state index in [-0.39, 0.29) is 0 Å². The zero-order valence-electron chi connectivity index (χ0n) is 9.97. The summed E-state index contributed by atoms with van der Waals surface area (Å²) in [5.74, 6) is 0.640. The molecule has 0 amide bonds. The van der Waals surface area contributed by atoms with E-state index in [4.69, 9.17) is 15.2 Å². The molecule has 1 aromatic rings. The van der Waals surface area contributed by atoms with Crippen LogP contribution in [-0.4, -0.2) is 49.3 Å². The van der Waals surface area contributed by atoms with Gasteiger partial charge < -0.3 is 15.2 Å². The molecule has 0 radical (unpaired) electrons. The summed E-state index contributed by atoms with van der Waals surface area (Å²) >= 11 is 0. The average molecular weight is 237 g/mol. The highest BCUT2D eigenvalue weighted by Gasteiger charge is 2.09. The molecule has 0 atom stereocenters. The predicted octanol–water partition coefficient (Wildman–Crippen LogP) is 0.765. The molecule has 5 heteroatoms. The monoisotopic (exact) mass is 237 g/mol. The second-order valence-electron chi connectivity index (χ2n) is 4.09. The quantitative estimate of drug-likeness (QED) is 0.766. The van der Waals surface area contributed by atoms with Crippen LogP contribution in [0.1, 0.15) is 6.42 Å². The van der Waals surface area contributed by atoms with Crippen LogP contribution in [0.5, 0.6) is 5.88 Å². The largest absolute Gasteiger partial charge is 0.478 e. The molecule has 1 aliphatic rings. The Morgan fingerprint density at radius 2 is 2.18 bits per heavy atom. The Hall–Kier alpha value is -1.33. The first-order valence-electron chi connectivity index (χ1n) is 5.99. The Morgan fingerprint density at radius 1 is 1.35 bits per heavy atom. The number of nitrogens with two attached hydrogens (primary N) is 1. The number of nitrogen functional groups attached to an aromatic ring is 1. The summed E-state index contributed by atoms with van der Waals surface area (Å²) < 4.78 is 10.8. The fraction of sp³-hybridized carbons (Fsp3) is 0.583. The van der Waals surface area contributed by atoms with Crippen molar-refractivity contribution in [3.63, 3.8) is 0 Å². The van der Waals surface area contributed by atoms with Gasteiger partial charge in [-0.15, -0.1) is 0 Å². The lowest BCUT2D eigenvalue weighted by Gasteiger charge is -2.26. The highest BCUT2D eigenvalue weighted by molar-refractivity contribution is 5.35. The number of morpholine rings is 1. The molecule has 1 aromatic heterocycles. The molecule has 94 valence electrons. The minimum absolute atomic E-state index is 0.640. The second-order valence-corrected chi connectivity index (χ2v) is 4.09. The Labute approximate surface area is 102 Å². The molecular weight excluding hydrogens is 218 g/mol. The minimum Gasteiger partial charge on any atom is -0.478 e. The van der Waals surface area contributed by atoms with Crippen LogP contribution in [0.25, 0.3) is 0 Å². The first-order valence-corrected chi connectivity index (χ1v) is 5.99. The Balaban J connectivity index is 1.60. The maximum Gasteiger partial charge on any atom is 0.213 e. The van der Waals surface area contributed by atoms with Gasteiger partial charge >= 0.3 is 0 Å². The Morgan fingerprint density at radius 3 is 2.88 bits per heavy atom. The van der Waals surface area contributed by atoms with Gasteiger partial charge in [0.05, 0.1) is 31.7 Å². The summed E-state index contributed by atoms with van der Waals surface area (Å²) in [6, 6.07) is 3.59. The topological polar surface area (TPSA) is 60.6 Å². The molecule has 1 fully saturated rings. The maximum absolute atomic E-state index is 5.54. The van der Waals surface area contributed by atoms with Gasteiger partial charge in [-0.2, -0.15) is 0 Å². The SMILES string of the molecule is Nc1ccc(OCCCN2CCOCC2)nc1. The smallest absolute Gasteiger partial charge is 0.213 e. The first-order chi connectivity index (χ1) is 8.34. The van der Waals surface area contributed by atoms with E-state index in [9.17, 15) is 0 Å². The standard InChI is InChI=1S/C12H19N3O2/c13-11-2-3-12(14-10-11)17-7-1-4-15-5-8-16-9-6-15/h2-3,10H,1,4-9,13H2. The van der Waals surface area contributed by atoms with E-state index in [1.165, 1.54) is 0 Å². The summed E-state index contributed by atoms with van der Waals surface area (Å²) in [5.41, 5.74) is 6.20. The van der Waals surface area contributed by atoms with E-state index in [1.54, 1.807) is 18.3 Å². The van der Waals surface area contributed by atoms with Crippen molar-refractivity contribution in [3.8, 4) is 5.88 Å². The van der Waals surface area contributed by atoms with Crippen LogP contribution >= 0.6 is 0 Å². The number of hydrogen-bond acceptors (Lipinski definition) is 5. The summed E-state index contributed by atoms with van der Waals surface area (Å²) in [4.78, 5) is 6.47. The molecule has 0 aromatic carbocycles. The third-order valence-electron chi connectivity index (χ3n) is 2.73. The lowest BCUT2D eigenvalue weighted by molar-refractivity contribution is 0.0357. The average Bonchev–Trinajstić information content (AvgIpc) is 2.38. The van der Waals surface area contributed by atoms with Crippen molar-refractivity contribution in [2.75, 3.05) is 45.2 Å². The molecule has 1 saturated heterocycles. The Kier molecular flexibility index (Phi) is 4.58. The molecule has 17 heavy (non-hydrogen) atoms. The molecule has 2 heterocycles. The van der Waals surface area contributed by atoms with Gasteiger partial charge in [0.25, 0.3) is 0 Å². The fourth-order valence-electron chi connectivity index (χ4n) is 1.77. The van der Waals surface area contributed by atoms with Gasteiger partial charge in [-0.3, -0.25) is 4.90 Å². The lowest BCUT2D eigenvalue weighted by atomic mass is 10.3. The first kappa shape index (κ1) is 12.1. The van der Waals surface area contributed by atoms with Gasteiger partial charge in [-0.1, -0.05) is 0 Å². The number of aromatic nitrogens is 1. The van der Waals surface area contributed by atoms with Crippen LogP contribution in [0.15, 0.2) is 18.3 Å². The summed E-state index contributed by atoms with van der Waals surface area (Å²) in [6.45, 7) is 5.49. The summed E-state index contributed by atoms with van der Waals surface area (Å²) in [7, 11) is 0. The van der Waals surface area contributed by atoms with Gasteiger partial charge in [0, 0.05) is 25.7 Å². The van der Waals surface area contributed by atoms with Crippen molar-refractivity contribution < 1.29 is 9.47 Å². The second kappa shape index (κ2) is 6.42.